The standard InChI is InChI=1S/C16H20N4S.HI/c1-3-17-16(19-11-15-18-10-12(2)21-15)20-9-8-13-6-4-5-7-14(13)20;/h4-7,10H,3,8-9,11H2,1-2H3,(H,17,19);1H. The van der Waals surface area contributed by atoms with Gasteiger partial charge in [0.05, 0.1) is 6.54 Å². The highest BCUT2D eigenvalue weighted by atomic mass is 127. The number of nitrogens with zero attached hydrogens (tertiary/aromatic N) is 3. The van der Waals surface area contributed by atoms with Crippen LogP contribution in [0.3, 0.4) is 0 Å². The average Bonchev–Trinajstić information content (AvgIpc) is 3.10. The molecule has 1 N–H and O–H groups in total. The zero-order valence-electron chi connectivity index (χ0n) is 12.9. The molecular weight excluding hydrogens is 407 g/mol. The van der Waals surface area contributed by atoms with Gasteiger partial charge in [-0.3, -0.25) is 0 Å². The summed E-state index contributed by atoms with van der Waals surface area (Å²) in [5.41, 5.74) is 2.67. The number of hydrogen-bond donors (Lipinski definition) is 1. The van der Waals surface area contributed by atoms with Crippen LogP contribution in [0.1, 0.15) is 22.4 Å². The number of aromatic nitrogens is 1. The van der Waals surface area contributed by atoms with Gasteiger partial charge in [0.1, 0.15) is 5.01 Å². The largest absolute Gasteiger partial charge is 0.356 e. The molecule has 4 nitrogen and oxygen atoms in total. The fourth-order valence-electron chi connectivity index (χ4n) is 2.57. The number of anilines is 1. The van der Waals surface area contributed by atoms with E-state index in [1.54, 1.807) is 11.3 Å². The predicted octanol–water partition coefficient (Wildman–Crippen LogP) is 3.60. The number of guanidine groups is 1. The Labute approximate surface area is 152 Å². The van der Waals surface area contributed by atoms with E-state index in [1.807, 2.05) is 6.20 Å². The second kappa shape index (κ2) is 7.92. The van der Waals surface area contributed by atoms with E-state index < -0.39 is 0 Å². The molecule has 0 atom stereocenters. The van der Waals surface area contributed by atoms with Gasteiger partial charge >= 0.3 is 0 Å². The molecule has 0 saturated carbocycles. The zero-order chi connectivity index (χ0) is 14.7. The summed E-state index contributed by atoms with van der Waals surface area (Å²) in [4.78, 5) is 12.7. The van der Waals surface area contributed by atoms with Crippen molar-refractivity contribution < 1.29 is 0 Å². The van der Waals surface area contributed by atoms with Crippen molar-refractivity contribution >= 4 is 47.0 Å². The van der Waals surface area contributed by atoms with Crippen molar-refractivity contribution in [3.8, 4) is 0 Å². The van der Waals surface area contributed by atoms with E-state index in [4.69, 9.17) is 4.99 Å². The lowest BCUT2D eigenvalue weighted by atomic mass is 10.2. The third-order valence-corrected chi connectivity index (χ3v) is 4.41. The number of halogens is 1. The molecule has 0 saturated heterocycles. The number of thiazole rings is 1. The molecule has 0 unspecified atom stereocenters. The molecule has 1 aromatic carbocycles. The first-order valence-corrected chi connectivity index (χ1v) is 8.14. The van der Waals surface area contributed by atoms with Crippen molar-refractivity contribution in [2.24, 2.45) is 4.99 Å². The molecule has 1 aliphatic heterocycles. The number of nitrogens with one attached hydrogen (secondary N) is 1. The number of hydrogen-bond acceptors (Lipinski definition) is 3. The van der Waals surface area contributed by atoms with Crippen molar-refractivity contribution in [1.29, 1.82) is 0 Å². The van der Waals surface area contributed by atoms with E-state index in [0.29, 0.717) is 6.54 Å². The Bertz CT molecular complexity index is 653. The van der Waals surface area contributed by atoms with Crippen LogP contribution in [-0.4, -0.2) is 24.0 Å². The third kappa shape index (κ3) is 3.78. The lowest BCUT2D eigenvalue weighted by molar-refractivity contribution is 0.880. The molecule has 2 aromatic rings. The van der Waals surface area contributed by atoms with Crippen LogP contribution in [0.2, 0.25) is 0 Å². The number of aryl methyl sites for hydroxylation is 1. The summed E-state index contributed by atoms with van der Waals surface area (Å²) in [6, 6.07) is 8.56. The van der Waals surface area contributed by atoms with Crippen LogP contribution in [0.5, 0.6) is 0 Å². The Kier molecular flexibility index (Phi) is 6.19. The molecule has 3 rings (SSSR count). The quantitative estimate of drug-likeness (QED) is 0.462. The number of para-hydroxylation sites is 1. The van der Waals surface area contributed by atoms with E-state index >= 15 is 0 Å². The third-order valence-electron chi connectivity index (χ3n) is 3.51. The predicted molar refractivity (Wildman–Crippen MR) is 105 cm³/mol. The first kappa shape index (κ1) is 17.2. The second-order valence-corrected chi connectivity index (χ2v) is 6.38. The Hall–Kier alpha value is -1.15. The fourth-order valence-corrected chi connectivity index (χ4v) is 3.28. The molecule has 0 radical (unpaired) electrons. The molecule has 1 aromatic heterocycles. The highest BCUT2D eigenvalue weighted by molar-refractivity contribution is 14.0. The van der Waals surface area contributed by atoms with Crippen molar-refractivity contribution in [1.82, 2.24) is 10.3 Å². The van der Waals surface area contributed by atoms with E-state index in [9.17, 15) is 0 Å². The molecule has 0 aliphatic carbocycles. The van der Waals surface area contributed by atoms with Gasteiger partial charge < -0.3 is 10.2 Å². The topological polar surface area (TPSA) is 40.5 Å². The summed E-state index contributed by atoms with van der Waals surface area (Å²) in [6.07, 6.45) is 2.99. The molecule has 0 fully saturated rings. The van der Waals surface area contributed by atoms with Gasteiger partial charge in [-0.2, -0.15) is 0 Å². The van der Waals surface area contributed by atoms with E-state index in [1.165, 1.54) is 16.1 Å². The number of benzene rings is 1. The van der Waals surface area contributed by atoms with E-state index in [0.717, 1.165) is 30.5 Å². The van der Waals surface area contributed by atoms with Crippen molar-refractivity contribution in [2.45, 2.75) is 26.8 Å². The first-order chi connectivity index (χ1) is 10.3. The highest BCUT2D eigenvalue weighted by Gasteiger charge is 2.22. The van der Waals surface area contributed by atoms with Crippen LogP contribution < -0.4 is 10.2 Å². The maximum Gasteiger partial charge on any atom is 0.198 e. The van der Waals surface area contributed by atoms with E-state index in [-0.39, 0.29) is 24.0 Å². The Morgan fingerprint density at radius 1 is 1.41 bits per heavy atom. The summed E-state index contributed by atoms with van der Waals surface area (Å²) in [7, 11) is 0. The molecule has 0 bridgehead atoms. The van der Waals surface area contributed by atoms with Crippen LogP contribution >= 0.6 is 35.3 Å². The van der Waals surface area contributed by atoms with Crippen LogP contribution in [-0.2, 0) is 13.0 Å². The lowest BCUT2D eigenvalue weighted by Crippen LogP contribution is -2.40. The molecule has 0 spiro atoms. The SMILES string of the molecule is CCNC(=NCc1ncc(C)s1)N1CCc2ccccc21.I. The fraction of sp³-hybridized carbons (Fsp3) is 0.375. The molecule has 0 amide bonds. The second-order valence-electron chi connectivity index (χ2n) is 5.07. The Morgan fingerprint density at radius 2 is 2.23 bits per heavy atom. The average molecular weight is 428 g/mol. The van der Waals surface area contributed by atoms with Crippen molar-refractivity contribution in [3.63, 3.8) is 0 Å². The molecule has 6 heteroatoms. The van der Waals surface area contributed by atoms with Gasteiger partial charge in [-0.25, -0.2) is 9.98 Å². The number of rotatable bonds is 3. The van der Waals surface area contributed by atoms with Crippen LogP contribution in [0, 0.1) is 6.92 Å². The molecule has 1 aliphatic rings. The van der Waals surface area contributed by atoms with Gasteiger partial charge in [0.25, 0.3) is 0 Å². The van der Waals surface area contributed by atoms with E-state index in [2.05, 4.69) is 53.3 Å². The number of fused-ring (bicyclic) bond motifs is 1. The minimum absolute atomic E-state index is 0. The molecule has 22 heavy (non-hydrogen) atoms. The summed E-state index contributed by atoms with van der Waals surface area (Å²) >= 11 is 1.71. The first-order valence-electron chi connectivity index (χ1n) is 7.33. The van der Waals surface area contributed by atoms with Crippen LogP contribution in [0.15, 0.2) is 35.5 Å². The highest BCUT2D eigenvalue weighted by Crippen LogP contribution is 2.27. The maximum atomic E-state index is 4.76. The normalized spacial score (nSPS) is 13.7. The maximum absolute atomic E-state index is 4.76. The minimum Gasteiger partial charge on any atom is -0.356 e. The monoisotopic (exact) mass is 428 g/mol. The smallest absolute Gasteiger partial charge is 0.198 e. The summed E-state index contributed by atoms with van der Waals surface area (Å²) in [6.45, 7) is 6.67. The van der Waals surface area contributed by atoms with Crippen molar-refractivity contribution in [3.05, 3.63) is 45.9 Å². The zero-order valence-corrected chi connectivity index (χ0v) is 16.0. The van der Waals surface area contributed by atoms with Gasteiger partial charge in [-0.15, -0.1) is 35.3 Å². The summed E-state index contributed by atoms with van der Waals surface area (Å²) in [5.74, 6) is 0.954. The molecule has 2 heterocycles. The van der Waals surface area contributed by atoms with Crippen LogP contribution in [0.4, 0.5) is 5.69 Å². The Balaban J connectivity index is 0.00000176. The molecular formula is C16H21IN4S. The summed E-state index contributed by atoms with van der Waals surface area (Å²) < 4.78 is 0. The lowest BCUT2D eigenvalue weighted by Gasteiger charge is -2.22. The molecule has 118 valence electrons. The van der Waals surface area contributed by atoms with Gasteiger partial charge in [0, 0.05) is 29.9 Å². The van der Waals surface area contributed by atoms with Gasteiger partial charge in [-0.1, -0.05) is 18.2 Å². The minimum atomic E-state index is 0. The summed E-state index contributed by atoms with van der Waals surface area (Å²) in [5, 5.41) is 4.46. The van der Waals surface area contributed by atoms with Crippen LogP contribution in [0.25, 0.3) is 0 Å². The Morgan fingerprint density at radius 3 is 2.95 bits per heavy atom. The van der Waals surface area contributed by atoms with Crippen molar-refractivity contribution in [2.75, 3.05) is 18.0 Å². The number of aliphatic imine (C=N–C) groups is 1. The van der Waals surface area contributed by atoms with Gasteiger partial charge in [-0.05, 0) is 31.9 Å². The van der Waals surface area contributed by atoms with Gasteiger partial charge in [0.2, 0.25) is 0 Å². The van der Waals surface area contributed by atoms with Gasteiger partial charge in [0.15, 0.2) is 5.96 Å².